The van der Waals surface area contributed by atoms with Gasteiger partial charge in [0, 0.05) is 20.0 Å². The van der Waals surface area contributed by atoms with Gasteiger partial charge in [0.1, 0.15) is 0 Å². The molecule has 0 bridgehead atoms. The summed E-state index contributed by atoms with van der Waals surface area (Å²) in [7, 11) is -1.51. The largest absolute Gasteiger partial charge is 0.416 e. The second-order valence-electron chi connectivity index (χ2n) is 4.25. The molecule has 10 heteroatoms. The first kappa shape index (κ1) is 18.4. The van der Waals surface area contributed by atoms with Gasteiger partial charge in [-0.3, -0.25) is 9.63 Å². The molecule has 1 N–H and O–H groups in total. The monoisotopic (exact) mass is 340 g/mol. The standard InChI is InChI=1S/C12H15F3N2O4S/c1-17(21-2)11(18)6-7-16-22(19,20)10-5-3-4-9(8-10)12(13,14)15/h3-5,8,16H,6-7H2,1-2H3. The van der Waals surface area contributed by atoms with Crippen LogP contribution in [0.25, 0.3) is 0 Å². The van der Waals surface area contributed by atoms with Crippen molar-refractivity contribution in [2.75, 3.05) is 20.7 Å². The smallest absolute Gasteiger partial charge is 0.275 e. The summed E-state index contributed by atoms with van der Waals surface area (Å²) in [5, 5.41) is 0.915. The van der Waals surface area contributed by atoms with Gasteiger partial charge < -0.3 is 0 Å². The van der Waals surface area contributed by atoms with Gasteiger partial charge >= 0.3 is 6.18 Å². The molecule has 0 fully saturated rings. The lowest BCUT2D eigenvalue weighted by Gasteiger charge is -2.14. The van der Waals surface area contributed by atoms with E-state index in [1.165, 1.54) is 14.2 Å². The Morgan fingerprint density at radius 2 is 2.00 bits per heavy atom. The van der Waals surface area contributed by atoms with Crippen LogP contribution in [-0.2, 0) is 25.8 Å². The number of nitrogens with zero attached hydrogens (tertiary/aromatic N) is 1. The third-order valence-corrected chi connectivity index (χ3v) is 4.19. The first-order chi connectivity index (χ1) is 10.1. The molecule has 22 heavy (non-hydrogen) atoms. The maximum atomic E-state index is 12.6. The third kappa shape index (κ3) is 4.97. The van der Waals surface area contributed by atoms with Crippen LogP contribution in [0.5, 0.6) is 0 Å². The van der Waals surface area contributed by atoms with E-state index in [9.17, 15) is 26.4 Å². The molecule has 1 rings (SSSR count). The maximum Gasteiger partial charge on any atom is 0.416 e. The fraction of sp³-hybridized carbons (Fsp3) is 0.417. The zero-order chi connectivity index (χ0) is 17.0. The van der Waals surface area contributed by atoms with Crippen molar-refractivity contribution >= 4 is 15.9 Å². The minimum Gasteiger partial charge on any atom is -0.275 e. The van der Waals surface area contributed by atoms with E-state index in [2.05, 4.69) is 9.56 Å². The first-order valence-electron chi connectivity index (χ1n) is 6.05. The Kier molecular flexibility index (Phi) is 5.92. The fourth-order valence-electron chi connectivity index (χ4n) is 1.47. The number of amides is 1. The molecule has 6 nitrogen and oxygen atoms in total. The van der Waals surface area contributed by atoms with Gasteiger partial charge in [-0.15, -0.1) is 0 Å². The van der Waals surface area contributed by atoms with E-state index in [1.807, 2.05) is 0 Å². The number of sulfonamides is 1. The number of rotatable bonds is 6. The summed E-state index contributed by atoms with van der Waals surface area (Å²) in [6.07, 6.45) is -4.83. The van der Waals surface area contributed by atoms with Crippen LogP contribution < -0.4 is 4.72 Å². The van der Waals surface area contributed by atoms with Gasteiger partial charge in [0.2, 0.25) is 15.9 Å². The van der Waals surface area contributed by atoms with E-state index < -0.39 is 32.6 Å². The van der Waals surface area contributed by atoms with Crippen molar-refractivity contribution in [3.05, 3.63) is 29.8 Å². The molecule has 0 saturated carbocycles. The molecule has 124 valence electrons. The fourth-order valence-corrected chi connectivity index (χ4v) is 2.55. The number of hydroxylamine groups is 2. The van der Waals surface area contributed by atoms with Crippen LogP contribution in [0.4, 0.5) is 13.2 Å². The van der Waals surface area contributed by atoms with Gasteiger partial charge in [0.05, 0.1) is 17.6 Å². The summed E-state index contributed by atoms with van der Waals surface area (Å²) in [4.78, 5) is 15.5. The number of benzene rings is 1. The predicted octanol–water partition coefficient (Wildman–Crippen LogP) is 1.39. The van der Waals surface area contributed by atoms with E-state index in [-0.39, 0.29) is 13.0 Å². The summed E-state index contributed by atoms with van der Waals surface area (Å²) in [6.45, 7) is -0.259. The van der Waals surface area contributed by atoms with E-state index in [0.717, 1.165) is 23.3 Å². The topological polar surface area (TPSA) is 75.7 Å². The van der Waals surface area contributed by atoms with Crippen LogP contribution >= 0.6 is 0 Å². The summed E-state index contributed by atoms with van der Waals surface area (Å²) in [6, 6.07) is 3.35. The lowest BCUT2D eigenvalue weighted by molar-refractivity contribution is -0.168. The highest BCUT2D eigenvalue weighted by atomic mass is 32.2. The van der Waals surface area contributed by atoms with Crippen molar-refractivity contribution in [2.45, 2.75) is 17.5 Å². The van der Waals surface area contributed by atoms with E-state index in [0.29, 0.717) is 6.07 Å². The van der Waals surface area contributed by atoms with E-state index >= 15 is 0 Å². The Hall–Kier alpha value is -1.65. The molecule has 1 aromatic rings. The Balaban J connectivity index is 2.77. The van der Waals surface area contributed by atoms with Crippen LogP contribution in [0.1, 0.15) is 12.0 Å². The second-order valence-corrected chi connectivity index (χ2v) is 6.01. The van der Waals surface area contributed by atoms with Crippen molar-refractivity contribution in [2.24, 2.45) is 0 Å². The van der Waals surface area contributed by atoms with Crippen molar-refractivity contribution in [1.82, 2.24) is 9.79 Å². The minimum absolute atomic E-state index is 0.192. The molecule has 0 atom stereocenters. The summed E-state index contributed by atoms with van der Waals surface area (Å²) >= 11 is 0. The van der Waals surface area contributed by atoms with Gasteiger partial charge in [-0.05, 0) is 18.2 Å². The average molecular weight is 340 g/mol. The SMILES string of the molecule is CON(C)C(=O)CCNS(=O)(=O)c1cccc(C(F)(F)F)c1. The Bertz CT molecular complexity index is 632. The molecule has 1 amide bonds. The van der Waals surface area contributed by atoms with Crippen LogP contribution in [0.3, 0.4) is 0 Å². The molecule has 0 saturated heterocycles. The molecule has 0 radical (unpaired) electrons. The predicted molar refractivity (Wildman–Crippen MR) is 71.0 cm³/mol. The van der Waals surface area contributed by atoms with Gasteiger partial charge in [-0.2, -0.15) is 13.2 Å². The average Bonchev–Trinajstić information content (AvgIpc) is 2.45. The lowest BCUT2D eigenvalue weighted by Crippen LogP contribution is -2.31. The number of carbonyl (C=O) groups excluding carboxylic acids is 1. The maximum absolute atomic E-state index is 12.6. The number of nitrogens with one attached hydrogen (secondary N) is 1. The van der Waals surface area contributed by atoms with E-state index in [1.54, 1.807) is 0 Å². The number of hydrogen-bond acceptors (Lipinski definition) is 4. The molecule has 1 aromatic carbocycles. The molecule has 0 spiro atoms. The molecular formula is C12H15F3N2O4S. The Morgan fingerprint density at radius 3 is 2.55 bits per heavy atom. The summed E-state index contributed by atoms with van der Waals surface area (Å²) < 4.78 is 63.5. The highest BCUT2D eigenvalue weighted by Gasteiger charge is 2.31. The zero-order valence-corrected chi connectivity index (χ0v) is 12.7. The first-order valence-corrected chi connectivity index (χ1v) is 7.54. The molecule has 0 unspecified atom stereocenters. The van der Waals surface area contributed by atoms with Crippen molar-refractivity contribution < 1.29 is 31.2 Å². The minimum atomic E-state index is -4.64. The number of alkyl halides is 3. The van der Waals surface area contributed by atoms with Crippen molar-refractivity contribution in [3.63, 3.8) is 0 Å². The van der Waals surface area contributed by atoms with Crippen LogP contribution in [0.15, 0.2) is 29.2 Å². The zero-order valence-electron chi connectivity index (χ0n) is 11.8. The third-order valence-electron chi connectivity index (χ3n) is 2.73. The molecular weight excluding hydrogens is 325 g/mol. The summed E-state index contributed by atoms with van der Waals surface area (Å²) in [5.74, 6) is -0.478. The van der Waals surface area contributed by atoms with Crippen LogP contribution in [-0.4, -0.2) is 40.1 Å². The quantitative estimate of drug-likeness (QED) is 0.794. The molecule has 0 heterocycles. The lowest BCUT2D eigenvalue weighted by atomic mass is 10.2. The molecule has 0 aliphatic rings. The van der Waals surface area contributed by atoms with Crippen LogP contribution in [0.2, 0.25) is 0 Å². The normalized spacial score (nSPS) is 12.2. The van der Waals surface area contributed by atoms with Gasteiger partial charge in [0.25, 0.3) is 0 Å². The molecule has 0 aliphatic heterocycles. The second kappa shape index (κ2) is 7.07. The number of carbonyl (C=O) groups is 1. The Morgan fingerprint density at radius 1 is 1.36 bits per heavy atom. The van der Waals surface area contributed by atoms with Crippen LogP contribution in [0, 0.1) is 0 Å². The molecule has 0 aliphatic carbocycles. The van der Waals surface area contributed by atoms with Crippen molar-refractivity contribution in [3.8, 4) is 0 Å². The summed E-state index contributed by atoms with van der Waals surface area (Å²) in [5.41, 5.74) is -1.06. The highest BCUT2D eigenvalue weighted by Crippen LogP contribution is 2.30. The van der Waals surface area contributed by atoms with E-state index in [4.69, 9.17) is 0 Å². The van der Waals surface area contributed by atoms with Gasteiger partial charge in [-0.1, -0.05) is 6.07 Å². The molecule has 0 aromatic heterocycles. The Labute approximate surface area is 125 Å². The number of hydrogen-bond donors (Lipinski definition) is 1. The highest BCUT2D eigenvalue weighted by molar-refractivity contribution is 7.89. The number of halogens is 3. The van der Waals surface area contributed by atoms with Gasteiger partial charge in [-0.25, -0.2) is 18.2 Å². The van der Waals surface area contributed by atoms with Gasteiger partial charge in [0.15, 0.2) is 0 Å². The van der Waals surface area contributed by atoms with Crippen molar-refractivity contribution in [1.29, 1.82) is 0 Å².